The van der Waals surface area contributed by atoms with E-state index >= 15 is 0 Å². The smallest absolute Gasteiger partial charge is 0.221 e. The first kappa shape index (κ1) is 18.2. The molecular weight excluding hydrogens is 287 g/mol. The summed E-state index contributed by atoms with van der Waals surface area (Å²) in [5, 5.41) is 3.45. The Kier molecular flexibility index (Phi) is 8.76. The molecule has 1 aromatic carbocycles. The summed E-state index contributed by atoms with van der Waals surface area (Å²) < 4.78 is 5.34. The minimum atomic E-state index is -0.208. The molecule has 0 saturated carbocycles. The quantitative estimate of drug-likeness (QED) is 0.847. The lowest BCUT2D eigenvalue weighted by Crippen LogP contribution is -2.33. The van der Waals surface area contributed by atoms with Crippen molar-refractivity contribution in [3.8, 4) is 0 Å². The largest absolute Gasteiger partial charge is 0.375 e. The summed E-state index contributed by atoms with van der Waals surface area (Å²) >= 11 is 5.92. The highest BCUT2D eigenvalue weighted by Gasteiger charge is 2.13. The highest BCUT2D eigenvalue weighted by Crippen LogP contribution is 2.19. The van der Waals surface area contributed by atoms with Gasteiger partial charge in [0.25, 0.3) is 0 Å². The van der Waals surface area contributed by atoms with Crippen molar-refractivity contribution in [2.24, 2.45) is 5.73 Å². The topological polar surface area (TPSA) is 64.3 Å². The summed E-state index contributed by atoms with van der Waals surface area (Å²) in [6.45, 7) is 2.20. The molecule has 0 saturated heterocycles. The van der Waals surface area contributed by atoms with Crippen LogP contribution in [0.2, 0.25) is 5.02 Å². The molecule has 0 aromatic heterocycles. The van der Waals surface area contributed by atoms with E-state index in [4.69, 9.17) is 22.1 Å². The van der Waals surface area contributed by atoms with Crippen molar-refractivity contribution in [1.82, 2.24) is 5.32 Å². The third-order valence-electron chi connectivity index (χ3n) is 2.50. The molecule has 19 heavy (non-hydrogen) atoms. The lowest BCUT2D eigenvalue weighted by atomic mass is 10.1. The van der Waals surface area contributed by atoms with E-state index < -0.39 is 0 Å². The third-order valence-corrected chi connectivity index (χ3v) is 2.73. The van der Waals surface area contributed by atoms with Crippen molar-refractivity contribution in [2.75, 3.05) is 13.7 Å². The van der Waals surface area contributed by atoms with Gasteiger partial charge in [0.2, 0.25) is 5.91 Å². The summed E-state index contributed by atoms with van der Waals surface area (Å²) in [4.78, 5) is 11.5. The standard InChI is InChI=1S/C13H19ClN2O2.ClH/c1-9(15)6-13(17)16-8-12(18-2)10-4-3-5-11(14)7-10;/h3-5,7,9,12H,6,8,15H2,1-2H3,(H,16,17);1H. The van der Waals surface area contributed by atoms with Crippen LogP contribution in [0.4, 0.5) is 0 Å². The van der Waals surface area contributed by atoms with Gasteiger partial charge in [-0.1, -0.05) is 23.7 Å². The van der Waals surface area contributed by atoms with Gasteiger partial charge in [-0.15, -0.1) is 12.4 Å². The molecule has 0 fully saturated rings. The molecule has 1 rings (SSSR count). The number of carbonyl (C=O) groups excluding carboxylic acids is 1. The Hall–Kier alpha value is -0.810. The molecule has 0 spiro atoms. The maximum Gasteiger partial charge on any atom is 0.221 e. The normalized spacial score (nSPS) is 13.3. The lowest BCUT2D eigenvalue weighted by molar-refractivity contribution is -0.121. The number of benzene rings is 1. The van der Waals surface area contributed by atoms with Gasteiger partial charge in [0.15, 0.2) is 0 Å². The molecule has 0 heterocycles. The van der Waals surface area contributed by atoms with Gasteiger partial charge in [0.05, 0.1) is 6.10 Å². The molecule has 1 amide bonds. The Morgan fingerprint density at radius 3 is 2.74 bits per heavy atom. The summed E-state index contributed by atoms with van der Waals surface area (Å²) in [5.74, 6) is -0.0749. The summed E-state index contributed by atoms with van der Waals surface area (Å²) in [7, 11) is 1.60. The van der Waals surface area contributed by atoms with E-state index in [1.807, 2.05) is 18.2 Å². The fourth-order valence-electron chi connectivity index (χ4n) is 1.62. The molecule has 2 unspecified atom stereocenters. The summed E-state index contributed by atoms with van der Waals surface area (Å²) in [6.07, 6.45) is 0.104. The van der Waals surface area contributed by atoms with Crippen LogP contribution in [0.1, 0.15) is 25.0 Å². The molecule has 3 N–H and O–H groups in total. The Bertz CT molecular complexity index is 400. The lowest BCUT2D eigenvalue weighted by Gasteiger charge is -2.17. The number of nitrogens with two attached hydrogens (primary N) is 1. The van der Waals surface area contributed by atoms with Crippen LogP contribution in [0, 0.1) is 0 Å². The van der Waals surface area contributed by atoms with Gasteiger partial charge in [-0.3, -0.25) is 4.79 Å². The number of halogens is 2. The van der Waals surface area contributed by atoms with Gasteiger partial charge >= 0.3 is 0 Å². The van der Waals surface area contributed by atoms with E-state index in [0.29, 0.717) is 18.0 Å². The zero-order valence-corrected chi connectivity index (χ0v) is 12.6. The molecule has 0 aliphatic carbocycles. The predicted molar refractivity (Wildman–Crippen MR) is 79.7 cm³/mol. The maximum atomic E-state index is 11.5. The van der Waals surface area contributed by atoms with Gasteiger partial charge in [0, 0.05) is 31.1 Å². The fraction of sp³-hybridized carbons (Fsp3) is 0.462. The first-order valence-electron chi connectivity index (χ1n) is 5.83. The molecule has 6 heteroatoms. The predicted octanol–water partition coefficient (Wildman–Crippen LogP) is 2.30. The average Bonchev–Trinajstić information content (AvgIpc) is 2.29. The molecule has 0 radical (unpaired) electrons. The first-order chi connectivity index (χ1) is 8.52. The fourth-order valence-corrected chi connectivity index (χ4v) is 1.81. The highest BCUT2D eigenvalue weighted by molar-refractivity contribution is 6.30. The van der Waals surface area contributed by atoms with Gasteiger partial charge in [-0.05, 0) is 24.6 Å². The van der Waals surface area contributed by atoms with E-state index in [9.17, 15) is 4.79 Å². The van der Waals surface area contributed by atoms with Crippen molar-refractivity contribution >= 4 is 29.9 Å². The second-order valence-electron chi connectivity index (χ2n) is 4.26. The molecule has 108 valence electrons. The van der Waals surface area contributed by atoms with Crippen LogP contribution in [0.5, 0.6) is 0 Å². The molecule has 0 aliphatic rings. The van der Waals surface area contributed by atoms with Crippen molar-refractivity contribution in [1.29, 1.82) is 0 Å². The van der Waals surface area contributed by atoms with E-state index in [2.05, 4.69) is 5.32 Å². The molecular formula is C13H20Cl2N2O2. The van der Waals surface area contributed by atoms with Gasteiger partial charge in [0.1, 0.15) is 0 Å². The molecule has 0 bridgehead atoms. The Morgan fingerprint density at radius 2 is 2.21 bits per heavy atom. The van der Waals surface area contributed by atoms with Crippen LogP contribution in [-0.4, -0.2) is 25.6 Å². The average molecular weight is 307 g/mol. The number of nitrogens with one attached hydrogen (secondary N) is 1. The van der Waals surface area contributed by atoms with Crippen LogP contribution in [0.3, 0.4) is 0 Å². The number of hydrogen-bond acceptors (Lipinski definition) is 3. The minimum absolute atomic E-state index is 0. The molecule has 2 atom stereocenters. The Labute approximate surface area is 125 Å². The number of carbonyl (C=O) groups is 1. The zero-order chi connectivity index (χ0) is 13.5. The third kappa shape index (κ3) is 6.78. The SMILES string of the molecule is COC(CNC(=O)CC(C)N)c1cccc(Cl)c1.Cl. The number of rotatable bonds is 6. The van der Waals surface area contributed by atoms with E-state index in [1.54, 1.807) is 20.1 Å². The van der Waals surface area contributed by atoms with Crippen LogP contribution in [0.25, 0.3) is 0 Å². The van der Waals surface area contributed by atoms with Gasteiger partial charge in [-0.25, -0.2) is 0 Å². The Morgan fingerprint density at radius 1 is 1.53 bits per heavy atom. The van der Waals surface area contributed by atoms with Crippen molar-refractivity contribution in [3.63, 3.8) is 0 Å². The second kappa shape index (κ2) is 9.15. The van der Waals surface area contributed by atoms with Crippen molar-refractivity contribution in [2.45, 2.75) is 25.5 Å². The number of ether oxygens (including phenoxy) is 1. The first-order valence-corrected chi connectivity index (χ1v) is 6.21. The number of methoxy groups -OCH3 is 1. The highest BCUT2D eigenvalue weighted by atomic mass is 35.5. The van der Waals surface area contributed by atoms with Crippen LogP contribution in [-0.2, 0) is 9.53 Å². The Balaban J connectivity index is 0.00000324. The molecule has 4 nitrogen and oxygen atoms in total. The number of amides is 1. The molecule has 1 aromatic rings. The van der Waals surface area contributed by atoms with Crippen molar-refractivity contribution in [3.05, 3.63) is 34.9 Å². The summed E-state index contributed by atoms with van der Waals surface area (Å²) in [5.41, 5.74) is 6.49. The summed E-state index contributed by atoms with van der Waals surface area (Å²) in [6, 6.07) is 7.25. The van der Waals surface area contributed by atoms with Crippen LogP contribution >= 0.6 is 24.0 Å². The monoisotopic (exact) mass is 306 g/mol. The van der Waals surface area contributed by atoms with Crippen molar-refractivity contribution < 1.29 is 9.53 Å². The van der Waals surface area contributed by atoms with Gasteiger partial charge in [-0.2, -0.15) is 0 Å². The zero-order valence-electron chi connectivity index (χ0n) is 11.1. The van der Waals surface area contributed by atoms with E-state index in [-0.39, 0.29) is 30.5 Å². The van der Waals surface area contributed by atoms with Crippen LogP contribution in [0.15, 0.2) is 24.3 Å². The van der Waals surface area contributed by atoms with E-state index in [1.165, 1.54) is 0 Å². The second-order valence-corrected chi connectivity index (χ2v) is 4.70. The van der Waals surface area contributed by atoms with E-state index in [0.717, 1.165) is 5.56 Å². The number of hydrogen-bond donors (Lipinski definition) is 2. The minimum Gasteiger partial charge on any atom is -0.375 e. The molecule has 0 aliphatic heterocycles. The van der Waals surface area contributed by atoms with Gasteiger partial charge < -0.3 is 15.8 Å². The van der Waals surface area contributed by atoms with Crippen LogP contribution < -0.4 is 11.1 Å². The maximum absolute atomic E-state index is 11.5.